The quantitative estimate of drug-likeness (QED) is 0.677. The van der Waals surface area contributed by atoms with Gasteiger partial charge in [-0.2, -0.15) is 14.9 Å². The summed E-state index contributed by atoms with van der Waals surface area (Å²) in [5.74, 6) is 1.77. The minimum atomic E-state index is 0.425. The molecule has 0 aliphatic rings. The lowest BCUT2D eigenvalue weighted by Crippen LogP contribution is -1.99. The molecular formula is C13H15ClN4O2S. The van der Waals surface area contributed by atoms with Gasteiger partial charge in [-0.3, -0.25) is 5.10 Å². The van der Waals surface area contributed by atoms with Crippen LogP contribution >= 0.6 is 23.8 Å². The second kappa shape index (κ2) is 6.73. The summed E-state index contributed by atoms with van der Waals surface area (Å²) >= 11 is 11.4. The monoisotopic (exact) mass is 326 g/mol. The van der Waals surface area contributed by atoms with Gasteiger partial charge in [-0.05, 0) is 24.4 Å². The number of aromatic amines is 1. The predicted molar refractivity (Wildman–Crippen MR) is 84.3 cm³/mol. The number of methoxy groups -OCH3 is 2. The molecule has 1 aromatic carbocycles. The molecule has 0 amide bonds. The Morgan fingerprint density at radius 2 is 2.19 bits per heavy atom. The van der Waals surface area contributed by atoms with Gasteiger partial charge in [0, 0.05) is 12.0 Å². The summed E-state index contributed by atoms with van der Waals surface area (Å²) in [5.41, 5.74) is 0.694. The molecule has 0 fully saturated rings. The minimum Gasteiger partial charge on any atom is -0.493 e. The summed E-state index contributed by atoms with van der Waals surface area (Å²) in [4.78, 5) is 0. The molecule has 0 atom stereocenters. The van der Waals surface area contributed by atoms with Gasteiger partial charge in [0.25, 0.3) is 0 Å². The van der Waals surface area contributed by atoms with Crippen LogP contribution < -0.4 is 9.47 Å². The van der Waals surface area contributed by atoms with Crippen LogP contribution in [-0.4, -0.2) is 35.3 Å². The molecule has 6 nitrogen and oxygen atoms in total. The average Bonchev–Trinajstić information content (AvgIpc) is 2.86. The molecule has 21 heavy (non-hydrogen) atoms. The fourth-order valence-electron chi connectivity index (χ4n) is 1.80. The van der Waals surface area contributed by atoms with Crippen molar-refractivity contribution in [1.29, 1.82) is 0 Å². The van der Waals surface area contributed by atoms with Crippen LogP contribution in [0.2, 0.25) is 5.02 Å². The molecule has 0 bridgehead atoms. The van der Waals surface area contributed by atoms with E-state index in [2.05, 4.69) is 15.3 Å². The molecule has 8 heteroatoms. The molecule has 0 spiro atoms. The molecule has 0 aliphatic carbocycles. The van der Waals surface area contributed by atoms with E-state index < -0.39 is 0 Å². The number of rotatable bonds is 5. The fraction of sp³-hybridized carbons (Fsp3) is 0.308. The van der Waals surface area contributed by atoms with Crippen LogP contribution in [0, 0.1) is 4.77 Å². The Balaban J connectivity index is 2.42. The normalized spacial score (nSPS) is 11.0. The highest BCUT2D eigenvalue weighted by Gasteiger charge is 2.12. The molecule has 1 heterocycles. The third-order valence-corrected chi connectivity index (χ3v) is 3.51. The molecule has 0 unspecified atom stereocenters. The lowest BCUT2D eigenvalue weighted by Gasteiger charge is -2.10. The second-order valence-electron chi connectivity index (χ2n) is 4.06. The highest BCUT2D eigenvalue weighted by atomic mass is 35.5. The number of halogens is 1. The van der Waals surface area contributed by atoms with Crippen LogP contribution in [0.25, 0.3) is 0 Å². The van der Waals surface area contributed by atoms with Crippen LogP contribution in [0.15, 0.2) is 17.2 Å². The Labute approximate surface area is 132 Å². The van der Waals surface area contributed by atoms with Crippen LogP contribution in [0.4, 0.5) is 0 Å². The molecule has 0 radical (unpaired) electrons. The fourth-order valence-corrected chi connectivity index (χ4v) is 2.28. The topological polar surface area (TPSA) is 64.4 Å². The maximum atomic E-state index is 6.29. The van der Waals surface area contributed by atoms with Crippen molar-refractivity contribution in [2.45, 2.75) is 13.3 Å². The van der Waals surface area contributed by atoms with Gasteiger partial charge < -0.3 is 9.47 Å². The summed E-state index contributed by atoms with van der Waals surface area (Å²) in [6.45, 7) is 1.97. The first kappa shape index (κ1) is 15.5. The average molecular weight is 327 g/mol. The Morgan fingerprint density at radius 1 is 1.43 bits per heavy atom. The minimum absolute atomic E-state index is 0.425. The summed E-state index contributed by atoms with van der Waals surface area (Å²) in [5, 5.41) is 11.5. The van der Waals surface area contributed by atoms with E-state index >= 15 is 0 Å². The van der Waals surface area contributed by atoms with Crippen LogP contribution in [0.1, 0.15) is 18.3 Å². The van der Waals surface area contributed by atoms with Crippen LogP contribution in [0.5, 0.6) is 11.5 Å². The summed E-state index contributed by atoms with van der Waals surface area (Å²) in [6.07, 6.45) is 2.32. The van der Waals surface area contributed by atoms with Gasteiger partial charge >= 0.3 is 0 Å². The van der Waals surface area contributed by atoms with Crippen LogP contribution in [0.3, 0.4) is 0 Å². The molecule has 0 aliphatic heterocycles. The van der Waals surface area contributed by atoms with E-state index in [0.717, 1.165) is 5.82 Å². The van der Waals surface area contributed by atoms with Crippen molar-refractivity contribution in [2.24, 2.45) is 5.10 Å². The van der Waals surface area contributed by atoms with E-state index in [4.69, 9.17) is 33.3 Å². The lowest BCUT2D eigenvalue weighted by molar-refractivity contribution is 0.355. The van der Waals surface area contributed by atoms with Gasteiger partial charge in [0.15, 0.2) is 17.3 Å². The number of nitrogens with zero attached hydrogens (tertiary/aromatic N) is 3. The molecule has 0 saturated heterocycles. The number of benzene rings is 1. The maximum absolute atomic E-state index is 6.29. The highest BCUT2D eigenvalue weighted by Crippen LogP contribution is 2.36. The molecule has 0 saturated carbocycles. The number of nitrogens with one attached hydrogen (secondary N) is 1. The third-order valence-electron chi connectivity index (χ3n) is 2.86. The smallest absolute Gasteiger partial charge is 0.216 e. The molecular weight excluding hydrogens is 312 g/mol. The molecule has 112 valence electrons. The lowest BCUT2D eigenvalue weighted by atomic mass is 10.2. The number of H-pyrrole nitrogens is 1. The van der Waals surface area contributed by atoms with Crippen LogP contribution in [-0.2, 0) is 6.42 Å². The van der Waals surface area contributed by atoms with Crippen molar-refractivity contribution in [2.75, 3.05) is 14.2 Å². The van der Waals surface area contributed by atoms with Crippen molar-refractivity contribution >= 4 is 30.0 Å². The SMILES string of the molecule is CCc1n[nH]c(=S)n1/N=C\c1ccc(OC)c(OC)c1Cl. The zero-order valence-corrected chi connectivity index (χ0v) is 13.5. The van der Waals surface area contributed by atoms with Crippen molar-refractivity contribution in [1.82, 2.24) is 14.9 Å². The standard InChI is InChI=1S/C13H15ClN4O2S/c1-4-10-16-17-13(21)18(10)15-7-8-5-6-9(19-2)12(20-3)11(8)14/h5-7H,4H2,1-3H3,(H,17,21)/b15-7-. The van der Waals surface area contributed by atoms with Crippen molar-refractivity contribution in [3.63, 3.8) is 0 Å². The molecule has 2 rings (SSSR count). The molecule has 2 aromatic rings. The molecule has 1 aromatic heterocycles. The van der Waals surface area contributed by atoms with E-state index in [0.29, 0.717) is 33.3 Å². The van der Waals surface area contributed by atoms with E-state index in [9.17, 15) is 0 Å². The predicted octanol–water partition coefficient (Wildman–Crippen LogP) is 3.06. The van der Waals surface area contributed by atoms with Gasteiger partial charge in [-0.15, -0.1) is 0 Å². The first-order valence-electron chi connectivity index (χ1n) is 6.23. The third kappa shape index (κ3) is 3.08. The van der Waals surface area contributed by atoms with Crippen molar-refractivity contribution in [3.05, 3.63) is 33.3 Å². The largest absolute Gasteiger partial charge is 0.493 e. The summed E-state index contributed by atoms with van der Waals surface area (Å²) in [6, 6.07) is 3.56. The number of ether oxygens (including phenoxy) is 2. The Hall–Kier alpha value is -1.86. The Bertz CT molecular complexity index is 723. The summed E-state index contributed by atoms with van der Waals surface area (Å²) in [7, 11) is 3.09. The van der Waals surface area contributed by atoms with Crippen molar-refractivity contribution < 1.29 is 9.47 Å². The Kier molecular flexibility index (Phi) is 4.98. The second-order valence-corrected chi connectivity index (χ2v) is 4.82. The Morgan fingerprint density at radius 3 is 2.81 bits per heavy atom. The van der Waals surface area contributed by atoms with Gasteiger partial charge in [0.2, 0.25) is 4.77 Å². The van der Waals surface area contributed by atoms with E-state index in [-0.39, 0.29) is 0 Å². The zero-order chi connectivity index (χ0) is 15.4. The first-order valence-corrected chi connectivity index (χ1v) is 7.02. The van der Waals surface area contributed by atoms with E-state index in [1.807, 2.05) is 6.92 Å². The number of aryl methyl sites for hydroxylation is 1. The van der Waals surface area contributed by atoms with Gasteiger partial charge in [0.05, 0.1) is 25.5 Å². The summed E-state index contributed by atoms with van der Waals surface area (Å²) < 4.78 is 12.4. The van der Waals surface area contributed by atoms with Crippen molar-refractivity contribution in [3.8, 4) is 11.5 Å². The first-order chi connectivity index (χ1) is 10.1. The van der Waals surface area contributed by atoms with Gasteiger partial charge in [-0.1, -0.05) is 18.5 Å². The zero-order valence-electron chi connectivity index (χ0n) is 11.9. The number of aromatic nitrogens is 3. The maximum Gasteiger partial charge on any atom is 0.216 e. The van der Waals surface area contributed by atoms with Gasteiger partial charge in [-0.25, -0.2) is 0 Å². The highest BCUT2D eigenvalue weighted by molar-refractivity contribution is 7.71. The number of hydrogen-bond donors (Lipinski definition) is 1. The van der Waals surface area contributed by atoms with E-state index in [1.165, 1.54) is 7.11 Å². The van der Waals surface area contributed by atoms with Gasteiger partial charge in [0.1, 0.15) is 0 Å². The number of hydrogen-bond acceptors (Lipinski definition) is 5. The van der Waals surface area contributed by atoms with E-state index in [1.54, 1.807) is 30.1 Å². The molecule has 1 N–H and O–H groups in total.